The lowest BCUT2D eigenvalue weighted by atomic mass is 9.74. The molecule has 0 aromatic heterocycles. The SMILES string of the molecule is CC.CC.CCC.C\C=C/C=C1\C(=C/C)OCC12CCC(=O)NC2=O. The Morgan fingerprint density at radius 2 is 1.68 bits per heavy atom. The fourth-order valence-corrected chi connectivity index (χ4v) is 2.41. The Bertz CT molecular complexity index is 489. The number of allylic oxidation sites excluding steroid dienone is 5. The van der Waals surface area contributed by atoms with Crippen LogP contribution in [0.2, 0.25) is 0 Å². The monoisotopic (exact) mass is 351 g/mol. The van der Waals surface area contributed by atoms with Crippen molar-refractivity contribution >= 4 is 11.8 Å². The van der Waals surface area contributed by atoms with E-state index >= 15 is 0 Å². The summed E-state index contributed by atoms with van der Waals surface area (Å²) in [6.45, 7) is 16.4. The second kappa shape index (κ2) is 14.5. The van der Waals surface area contributed by atoms with Crippen molar-refractivity contribution in [2.75, 3.05) is 6.61 Å². The number of carbonyl (C=O) groups excluding carboxylic acids is 2. The van der Waals surface area contributed by atoms with Gasteiger partial charge in [-0.3, -0.25) is 14.9 Å². The highest BCUT2D eigenvalue weighted by Crippen LogP contribution is 2.45. The molecule has 2 rings (SSSR count). The molecule has 2 saturated heterocycles. The van der Waals surface area contributed by atoms with E-state index in [-0.39, 0.29) is 11.8 Å². The molecule has 1 atom stereocenters. The Hall–Kier alpha value is -1.84. The van der Waals surface area contributed by atoms with E-state index in [4.69, 9.17) is 4.74 Å². The molecule has 144 valence electrons. The molecule has 0 aliphatic carbocycles. The van der Waals surface area contributed by atoms with E-state index in [2.05, 4.69) is 19.2 Å². The van der Waals surface area contributed by atoms with Gasteiger partial charge in [0.25, 0.3) is 0 Å². The number of piperidine rings is 1. The Morgan fingerprint density at radius 3 is 2.12 bits per heavy atom. The number of nitrogens with one attached hydrogen (secondary N) is 1. The minimum absolute atomic E-state index is 0.204. The van der Waals surface area contributed by atoms with Gasteiger partial charge in [0.2, 0.25) is 11.8 Å². The molecule has 0 bridgehead atoms. The summed E-state index contributed by atoms with van der Waals surface area (Å²) in [4.78, 5) is 23.4. The van der Waals surface area contributed by atoms with Crippen molar-refractivity contribution in [1.82, 2.24) is 5.32 Å². The van der Waals surface area contributed by atoms with Gasteiger partial charge in [-0.25, -0.2) is 0 Å². The predicted octanol–water partition coefficient (Wildman–Crippen LogP) is 5.31. The van der Waals surface area contributed by atoms with Gasteiger partial charge < -0.3 is 4.74 Å². The number of hydrogen-bond acceptors (Lipinski definition) is 3. The molecule has 2 aliphatic heterocycles. The summed E-state index contributed by atoms with van der Waals surface area (Å²) >= 11 is 0. The summed E-state index contributed by atoms with van der Waals surface area (Å²) in [5.74, 6) is 0.286. The second-order valence-corrected chi connectivity index (χ2v) is 5.21. The first-order chi connectivity index (χ1) is 12.1. The summed E-state index contributed by atoms with van der Waals surface area (Å²) in [6, 6.07) is 0. The zero-order chi connectivity index (χ0) is 19.9. The molecule has 25 heavy (non-hydrogen) atoms. The van der Waals surface area contributed by atoms with Crippen molar-refractivity contribution in [3.05, 3.63) is 35.6 Å². The summed E-state index contributed by atoms with van der Waals surface area (Å²) in [7, 11) is 0. The van der Waals surface area contributed by atoms with Crippen molar-refractivity contribution in [1.29, 1.82) is 0 Å². The molecule has 0 saturated carbocycles. The van der Waals surface area contributed by atoms with Crippen LogP contribution in [-0.4, -0.2) is 18.4 Å². The summed E-state index contributed by atoms with van der Waals surface area (Å²) in [6.07, 6.45) is 9.67. The van der Waals surface area contributed by atoms with Crippen LogP contribution in [0.4, 0.5) is 0 Å². The van der Waals surface area contributed by atoms with Gasteiger partial charge >= 0.3 is 0 Å². The lowest BCUT2D eigenvalue weighted by Gasteiger charge is -2.30. The molecular formula is C21H37NO3. The van der Waals surface area contributed by atoms with Crippen LogP contribution in [0.25, 0.3) is 0 Å². The molecule has 2 amide bonds. The minimum Gasteiger partial charge on any atom is -0.492 e. The first-order valence-electron chi connectivity index (χ1n) is 9.52. The highest BCUT2D eigenvalue weighted by Gasteiger charge is 2.51. The predicted molar refractivity (Wildman–Crippen MR) is 106 cm³/mol. The quantitative estimate of drug-likeness (QED) is 0.651. The standard InChI is InChI=1S/C14H17NO3.C3H8.2C2H6/c1-3-5-6-10-11(4-2)18-9-14(10)8-7-12(16)15-13(14)17;1-3-2;2*1-2/h3-6H,7-9H2,1-2H3,(H,15,16,17);3H2,1-2H3;2*1-2H3/b5-3-,10-6+,11-4+;;;. The first-order valence-corrected chi connectivity index (χ1v) is 9.52. The third-order valence-electron chi connectivity index (χ3n) is 3.44. The molecule has 4 nitrogen and oxygen atoms in total. The molecule has 1 N–H and O–H groups in total. The van der Waals surface area contributed by atoms with Crippen molar-refractivity contribution in [3.63, 3.8) is 0 Å². The van der Waals surface area contributed by atoms with Crippen molar-refractivity contribution in [3.8, 4) is 0 Å². The molecule has 2 heterocycles. The zero-order valence-electron chi connectivity index (χ0n) is 17.4. The summed E-state index contributed by atoms with van der Waals surface area (Å²) < 4.78 is 5.60. The number of imide groups is 1. The van der Waals surface area contributed by atoms with E-state index < -0.39 is 5.41 Å². The van der Waals surface area contributed by atoms with Gasteiger partial charge in [0.1, 0.15) is 17.8 Å². The number of amides is 2. The van der Waals surface area contributed by atoms with Crippen molar-refractivity contribution < 1.29 is 14.3 Å². The second-order valence-electron chi connectivity index (χ2n) is 5.21. The van der Waals surface area contributed by atoms with Gasteiger partial charge in [-0.1, -0.05) is 66.2 Å². The Labute approximate surface area is 154 Å². The highest BCUT2D eigenvalue weighted by atomic mass is 16.5. The zero-order valence-corrected chi connectivity index (χ0v) is 17.4. The smallest absolute Gasteiger partial charge is 0.240 e. The number of rotatable bonds is 1. The van der Waals surface area contributed by atoms with Crippen LogP contribution < -0.4 is 5.32 Å². The molecule has 2 aliphatic rings. The number of carbonyl (C=O) groups is 2. The molecule has 1 unspecified atom stereocenters. The van der Waals surface area contributed by atoms with Crippen molar-refractivity contribution in [2.24, 2.45) is 5.41 Å². The van der Waals surface area contributed by atoms with E-state index in [9.17, 15) is 9.59 Å². The first kappa shape index (κ1) is 25.4. The average molecular weight is 352 g/mol. The fraction of sp³-hybridized carbons (Fsp3) is 0.619. The van der Waals surface area contributed by atoms with E-state index in [1.807, 2.05) is 65.8 Å². The topological polar surface area (TPSA) is 55.4 Å². The van der Waals surface area contributed by atoms with E-state index in [1.165, 1.54) is 6.42 Å². The Kier molecular flexibility index (Phi) is 14.7. The van der Waals surface area contributed by atoms with E-state index in [1.54, 1.807) is 0 Å². The van der Waals surface area contributed by atoms with Gasteiger partial charge in [0, 0.05) is 12.0 Å². The Balaban J connectivity index is 0. The van der Waals surface area contributed by atoms with Crippen LogP contribution in [0.15, 0.2) is 35.6 Å². The lowest BCUT2D eigenvalue weighted by molar-refractivity contribution is -0.140. The third kappa shape index (κ3) is 6.89. The van der Waals surface area contributed by atoms with E-state index in [0.717, 1.165) is 11.3 Å². The average Bonchev–Trinajstić information content (AvgIpc) is 2.99. The largest absolute Gasteiger partial charge is 0.492 e. The van der Waals surface area contributed by atoms with Gasteiger partial charge in [-0.2, -0.15) is 0 Å². The molecular weight excluding hydrogens is 314 g/mol. The Morgan fingerprint density at radius 1 is 1.12 bits per heavy atom. The van der Waals surface area contributed by atoms with E-state index in [0.29, 0.717) is 19.4 Å². The van der Waals surface area contributed by atoms with Gasteiger partial charge in [0.05, 0.1) is 0 Å². The maximum absolute atomic E-state index is 12.2. The molecule has 0 aromatic carbocycles. The van der Waals surface area contributed by atoms with Gasteiger partial charge in [-0.05, 0) is 26.3 Å². The molecule has 0 aromatic rings. The van der Waals surface area contributed by atoms with Crippen molar-refractivity contribution in [2.45, 2.75) is 74.7 Å². The maximum atomic E-state index is 12.2. The minimum atomic E-state index is -0.699. The fourth-order valence-electron chi connectivity index (χ4n) is 2.41. The number of hydrogen-bond donors (Lipinski definition) is 1. The molecule has 1 spiro atoms. The molecule has 2 fully saturated rings. The van der Waals surface area contributed by atoms with Crippen LogP contribution in [0.3, 0.4) is 0 Å². The van der Waals surface area contributed by atoms with Crippen LogP contribution in [0.1, 0.15) is 74.7 Å². The van der Waals surface area contributed by atoms with Crippen LogP contribution in [0, 0.1) is 5.41 Å². The lowest BCUT2D eigenvalue weighted by Crippen LogP contribution is -2.49. The van der Waals surface area contributed by atoms with Crippen LogP contribution in [-0.2, 0) is 14.3 Å². The summed E-state index contributed by atoms with van der Waals surface area (Å²) in [5, 5.41) is 2.41. The highest BCUT2D eigenvalue weighted by molar-refractivity contribution is 6.03. The number of ether oxygens (including phenoxy) is 1. The van der Waals surface area contributed by atoms with Crippen LogP contribution >= 0.6 is 0 Å². The molecule has 4 heteroatoms. The van der Waals surface area contributed by atoms with Crippen LogP contribution in [0.5, 0.6) is 0 Å². The molecule has 0 radical (unpaired) electrons. The summed E-state index contributed by atoms with van der Waals surface area (Å²) in [5.41, 5.74) is 0.169. The third-order valence-corrected chi connectivity index (χ3v) is 3.44. The van der Waals surface area contributed by atoms with Gasteiger partial charge in [0.15, 0.2) is 0 Å². The normalized spacial score (nSPS) is 24.6. The van der Waals surface area contributed by atoms with Gasteiger partial charge in [-0.15, -0.1) is 0 Å². The maximum Gasteiger partial charge on any atom is 0.240 e.